The van der Waals surface area contributed by atoms with Crippen molar-refractivity contribution in [3.05, 3.63) is 28.6 Å². The number of carbonyl (C=O) groups excluding carboxylic acids is 1. The number of aliphatic hydroxyl groups excluding tert-OH is 1. The zero-order valence-corrected chi connectivity index (χ0v) is 13.2. The van der Waals surface area contributed by atoms with Gasteiger partial charge < -0.3 is 10.0 Å². The van der Waals surface area contributed by atoms with Gasteiger partial charge in [0.1, 0.15) is 10.7 Å². The van der Waals surface area contributed by atoms with Gasteiger partial charge in [-0.1, -0.05) is 6.07 Å². The third-order valence-electron chi connectivity index (χ3n) is 3.53. The van der Waals surface area contributed by atoms with Crippen LogP contribution >= 0.6 is 22.7 Å². The van der Waals surface area contributed by atoms with E-state index in [1.54, 1.807) is 11.3 Å². The Labute approximate surface area is 131 Å². The zero-order chi connectivity index (χ0) is 14.7. The summed E-state index contributed by atoms with van der Waals surface area (Å²) in [7, 11) is 0. The first-order valence-electron chi connectivity index (χ1n) is 6.90. The number of aromatic nitrogens is 1. The molecule has 1 amide bonds. The lowest BCUT2D eigenvalue weighted by molar-refractivity contribution is 0.0610. The van der Waals surface area contributed by atoms with Crippen LogP contribution in [-0.2, 0) is 0 Å². The molecule has 0 spiro atoms. The van der Waals surface area contributed by atoms with E-state index in [9.17, 15) is 4.79 Å². The second-order valence-corrected chi connectivity index (χ2v) is 6.68. The van der Waals surface area contributed by atoms with Crippen LogP contribution in [0.3, 0.4) is 0 Å². The van der Waals surface area contributed by atoms with Gasteiger partial charge in [-0.15, -0.1) is 22.7 Å². The van der Waals surface area contributed by atoms with E-state index in [0.29, 0.717) is 25.3 Å². The van der Waals surface area contributed by atoms with Crippen molar-refractivity contribution in [2.24, 2.45) is 0 Å². The van der Waals surface area contributed by atoms with E-state index >= 15 is 0 Å². The summed E-state index contributed by atoms with van der Waals surface area (Å²) < 4.78 is 0. The lowest BCUT2D eigenvalue weighted by Gasteiger charge is -2.33. The van der Waals surface area contributed by atoms with Gasteiger partial charge in [-0.05, 0) is 11.4 Å². The molecule has 2 aromatic rings. The van der Waals surface area contributed by atoms with Crippen molar-refractivity contribution in [2.45, 2.75) is 0 Å². The highest BCUT2D eigenvalue weighted by molar-refractivity contribution is 7.20. The van der Waals surface area contributed by atoms with E-state index in [-0.39, 0.29) is 12.5 Å². The standard InChI is InChI=1S/C14H17N3O2S2/c18-8-7-16-3-5-17(6-4-16)14(19)11-10-21-13(15-11)12-2-1-9-20-12/h1-2,9-10,18H,3-8H2. The predicted octanol–water partition coefficient (Wildman–Crippen LogP) is 1.62. The van der Waals surface area contributed by atoms with Crippen LogP contribution < -0.4 is 0 Å². The highest BCUT2D eigenvalue weighted by atomic mass is 32.1. The number of thiophene rings is 1. The molecule has 0 aliphatic carbocycles. The molecule has 7 heteroatoms. The maximum atomic E-state index is 12.5. The molecule has 1 aliphatic rings. The van der Waals surface area contributed by atoms with Crippen molar-refractivity contribution in [3.8, 4) is 9.88 Å². The number of hydrogen-bond acceptors (Lipinski definition) is 6. The fraction of sp³-hybridized carbons (Fsp3) is 0.429. The van der Waals surface area contributed by atoms with Gasteiger partial charge in [0, 0.05) is 38.1 Å². The normalized spacial score (nSPS) is 16.3. The molecule has 0 unspecified atom stereocenters. The van der Waals surface area contributed by atoms with Crippen LogP contribution in [-0.4, -0.2) is 65.1 Å². The SMILES string of the molecule is O=C(c1csc(-c2cccs2)n1)N1CCN(CCO)CC1. The van der Waals surface area contributed by atoms with Crippen LogP contribution in [0.1, 0.15) is 10.5 Å². The highest BCUT2D eigenvalue weighted by Gasteiger charge is 2.23. The summed E-state index contributed by atoms with van der Waals surface area (Å²) in [5.41, 5.74) is 0.541. The Morgan fingerprint density at radius 3 is 2.76 bits per heavy atom. The van der Waals surface area contributed by atoms with E-state index in [1.165, 1.54) is 11.3 Å². The van der Waals surface area contributed by atoms with Crippen LogP contribution in [0.25, 0.3) is 9.88 Å². The molecule has 5 nitrogen and oxygen atoms in total. The molecule has 0 radical (unpaired) electrons. The molecule has 3 rings (SSSR count). The van der Waals surface area contributed by atoms with Gasteiger partial charge in [0.2, 0.25) is 0 Å². The zero-order valence-electron chi connectivity index (χ0n) is 11.6. The topological polar surface area (TPSA) is 56.7 Å². The minimum atomic E-state index is 0.0118. The Kier molecular flexibility index (Phi) is 4.64. The van der Waals surface area contributed by atoms with Gasteiger partial charge in [-0.25, -0.2) is 4.98 Å². The first-order chi connectivity index (χ1) is 10.3. The van der Waals surface area contributed by atoms with Crippen molar-refractivity contribution >= 4 is 28.6 Å². The van der Waals surface area contributed by atoms with E-state index in [1.807, 2.05) is 27.8 Å². The summed E-state index contributed by atoms with van der Waals surface area (Å²) >= 11 is 3.15. The number of nitrogens with zero attached hydrogens (tertiary/aromatic N) is 3. The smallest absolute Gasteiger partial charge is 0.273 e. The first kappa shape index (κ1) is 14.6. The molecular formula is C14H17N3O2S2. The molecule has 3 heterocycles. The van der Waals surface area contributed by atoms with Gasteiger partial charge in [-0.3, -0.25) is 9.69 Å². The van der Waals surface area contributed by atoms with Crippen LogP contribution in [0.4, 0.5) is 0 Å². The van der Waals surface area contributed by atoms with Crippen LogP contribution in [0, 0.1) is 0 Å². The molecule has 0 aromatic carbocycles. The van der Waals surface area contributed by atoms with E-state index in [2.05, 4.69) is 9.88 Å². The van der Waals surface area contributed by atoms with Crippen LogP contribution in [0.15, 0.2) is 22.9 Å². The fourth-order valence-electron chi connectivity index (χ4n) is 2.36. The quantitative estimate of drug-likeness (QED) is 0.929. The molecule has 112 valence electrons. The van der Waals surface area contributed by atoms with E-state index in [4.69, 9.17) is 5.11 Å². The summed E-state index contributed by atoms with van der Waals surface area (Å²) in [6.45, 7) is 3.88. The van der Waals surface area contributed by atoms with Crippen LogP contribution in [0.2, 0.25) is 0 Å². The van der Waals surface area contributed by atoms with E-state index in [0.717, 1.165) is 23.0 Å². The number of amides is 1. The number of β-amino-alcohol motifs (C(OH)–C–C–N with tert-alkyl or cyclic N) is 1. The third-order valence-corrected chi connectivity index (χ3v) is 5.41. The second kappa shape index (κ2) is 6.65. The Balaban J connectivity index is 1.64. The molecule has 0 atom stereocenters. The molecule has 1 N–H and O–H groups in total. The van der Waals surface area contributed by atoms with Crippen molar-refractivity contribution in [1.82, 2.24) is 14.8 Å². The number of carbonyl (C=O) groups is 1. The predicted molar refractivity (Wildman–Crippen MR) is 84.9 cm³/mol. The van der Waals surface area contributed by atoms with Gasteiger partial charge in [0.15, 0.2) is 0 Å². The molecule has 1 saturated heterocycles. The molecule has 2 aromatic heterocycles. The summed E-state index contributed by atoms with van der Waals surface area (Å²) in [6, 6.07) is 4.01. The average Bonchev–Trinajstić information content (AvgIpc) is 3.19. The highest BCUT2D eigenvalue weighted by Crippen LogP contribution is 2.28. The Morgan fingerprint density at radius 1 is 1.29 bits per heavy atom. The van der Waals surface area contributed by atoms with E-state index < -0.39 is 0 Å². The number of aliphatic hydroxyl groups is 1. The minimum absolute atomic E-state index is 0.0118. The average molecular weight is 323 g/mol. The van der Waals surface area contributed by atoms with Gasteiger partial charge in [-0.2, -0.15) is 0 Å². The first-order valence-corrected chi connectivity index (χ1v) is 8.66. The summed E-state index contributed by atoms with van der Waals surface area (Å²) in [5, 5.41) is 13.7. The Morgan fingerprint density at radius 2 is 2.10 bits per heavy atom. The minimum Gasteiger partial charge on any atom is -0.395 e. The Hall–Kier alpha value is -1.28. The Bertz CT molecular complexity index is 589. The maximum absolute atomic E-state index is 12.5. The maximum Gasteiger partial charge on any atom is 0.273 e. The van der Waals surface area contributed by atoms with Gasteiger partial charge in [0.05, 0.1) is 11.5 Å². The lowest BCUT2D eigenvalue weighted by atomic mass is 10.3. The van der Waals surface area contributed by atoms with Crippen molar-refractivity contribution in [2.75, 3.05) is 39.3 Å². The van der Waals surface area contributed by atoms with Crippen molar-refractivity contribution in [3.63, 3.8) is 0 Å². The van der Waals surface area contributed by atoms with Crippen molar-refractivity contribution in [1.29, 1.82) is 0 Å². The largest absolute Gasteiger partial charge is 0.395 e. The van der Waals surface area contributed by atoms with Gasteiger partial charge >= 0.3 is 0 Å². The summed E-state index contributed by atoms with van der Waals surface area (Å²) in [4.78, 5) is 22.0. The molecule has 1 fully saturated rings. The fourth-order valence-corrected chi connectivity index (χ4v) is 3.97. The summed E-state index contributed by atoms with van der Waals surface area (Å²) in [5.74, 6) is 0.0118. The number of hydrogen-bond donors (Lipinski definition) is 1. The molecular weight excluding hydrogens is 306 g/mol. The number of piperazine rings is 1. The lowest BCUT2D eigenvalue weighted by Crippen LogP contribution is -2.49. The summed E-state index contributed by atoms with van der Waals surface area (Å²) in [6.07, 6.45) is 0. The van der Waals surface area contributed by atoms with Crippen molar-refractivity contribution < 1.29 is 9.90 Å². The monoisotopic (exact) mass is 323 g/mol. The molecule has 21 heavy (non-hydrogen) atoms. The number of thiazole rings is 1. The van der Waals surface area contributed by atoms with Crippen LogP contribution in [0.5, 0.6) is 0 Å². The molecule has 0 saturated carbocycles. The second-order valence-electron chi connectivity index (χ2n) is 4.87. The number of rotatable bonds is 4. The van der Waals surface area contributed by atoms with Gasteiger partial charge in [0.25, 0.3) is 5.91 Å². The molecule has 1 aliphatic heterocycles. The molecule has 0 bridgehead atoms. The third kappa shape index (κ3) is 3.32.